The number of esters is 1. The molecule has 0 saturated heterocycles. The SMILES string of the molecule is CCOC(=O)CCN/C=C(/C#N)C(=O)Nc1cc(C)ccc1OC. The van der Waals surface area contributed by atoms with Gasteiger partial charge in [0.05, 0.1) is 25.8 Å². The van der Waals surface area contributed by atoms with E-state index >= 15 is 0 Å². The van der Waals surface area contributed by atoms with Gasteiger partial charge in [0.15, 0.2) is 0 Å². The first kappa shape index (κ1) is 19.0. The summed E-state index contributed by atoms with van der Waals surface area (Å²) in [5.74, 6) is -0.405. The number of nitrogens with zero attached hydrogens (tertiary/aromatic N) is 1. The maximum absolute atomic E-state index is 12.2. The van der Waals surface area contributed by atoms with E-state index in [2.05, 4.69) is 10.6 Å². The lowest BCUT2D eigenvalue weighted by atomic mass is 10.2. The molecule has 0 bridgehead atoms. The van der Waals surface area contributed by atoms with Crippen molar-refractivity contribution in [3.8, 4) is 11.8 Å². The van der Waals surface area contributed by atoms with Gasteiger partial charge in [-0.1, -0.05) is 6.07 Å². The van der Waals surface area contributed by atoms with Crippen molar-refractivity contribution in [3.05, 3.63) is 35.5 Å². The highest BCUT2D eigenvalue weighted by molar-refractivity contribution is 6.07. The van der Waals surface area contributed by atoms with Crippen LogP contribution in [0.15, 0.2) is 30.0 Å². The Hall–Kier alpha value is -3.01. The van der Waals surface area contributed by atoms with Gasteiger partial charge >= 0.3 is 5.97 Å². The highest BCUT2D eigenvalue weighted by Gasteiger charge is 2.12. The first-order valence-electron chi connectivity index (χ1n) is 7.47. The average molecular weight is 331 g/mol. The van der Waals surface area contributed by atoms with Crippen molar-refractivity contribution in [2.75, 3.05) is 25.6 Å². The van der Waals surface area contributed by atoms with E-state index in [4.69, 9.17) is 14.7 Å². The molecule has 7 heteroatoms. The van der Waals surface area contributed by atoms with Crippen molar-refractivity contribution < 1.29 is 19.1 Å². The number of ether oxygens (including phenoxy) is 2. The lowest BCUT2D eigenvalue weighted by molar-refractivity contribution is -0.142. The second-order valence-electron chi connectivity index (χ2n) is 4.84. The zero-order valence-electron chi connectivity index (χ0n) is 14.0. The molecule has 0 unspecified atom stereocenters. The monoisotopic (exact) mass is 331 g/mol. The molecule has 0 saturated carbocycles. The smallest absolute Gasteiger partial charge is 0.307 e. The van der Waals surface area contributed by atoms with E-state index in [0.717, 1.165) is 5.56 Å². The molecule has 24 heavy (non-hydrogen) atoms. The predicted molar refractivity (Wildman–Crippen MR) is 89.3 cm³/mol. The van der Waals surface area contributed by atoms with Gasteiger partial charge in [-0.05, 0) is 31.5 Å². The van der Waals surface area contributed by atoms with Crippen LogP contribution in [0.2, 0.25) is 0 Å². The number of nitrogens with one attached hydrogen (secondary N) is 2. The lowest BCUT2D eigenvalue weighted by Gasteiger charge is -2.10. The molecule has 0 radical (unpaired) electrons. The van der Waals surface area contributed by atoms with Gasteiger partial charge in [0.25, 0.3) is 5.91 Å². The molecule has 1 amide bonds. The molecule has 0 aliphatic carbocycles. The zero-order chi connectivity index (χ0) is 17.9. The van der Waals surface area contributed by atoms with Gasteiger partial charge in [-0.25, -0.2) is 0 Å². The number of anilines is 1. The fourth-order valence-corrected chi connectivity index (χ4v) is 1.84. The van der Waals surface area contributed by atoms with Crippen LogP contribution in [0.3, 0.4) is 0 Å². The van der Waals surface area contributed by atoms with Crippen LogP contribution in [0.4, 0.5) is 5.69 Å². The molecular formula is C17H21N3O4. The Morgan fingerprint density at radius 2 is 2.12 bits per heavy atom. The van der Waals surface area contributed by atoms with Crippen LogP contribution >= 0.6 is 0 Å². The number of benzene rings is 1. The number of aryl methyl sites for hydroxylation is 1. The summed E-state index contributed by atoms with van der Waals surface area (Å²) in [7, 11) is 1.50. The van der Waals surface area contributed by atoms with Crippen LogP contribution in [-0.2, 0) is 14.3 Å². The third-order valence-electron chi connectivity index (χ3n) is 2.99. The summed E-state index contributed by atoms with van der Waals surface area (Å²) < 4.78 is 9.96. The Bertz CT molecular complexity index is 662. The summed E-state index contributed by atoms with van der Waals surface area (Å²) in [5.41, 5.74) is 1.32. The largest absolute Gasteiger partial charge is 0.495 e. The first-order valence-corrected chi connectivity index (χ1v) is 7.47. The minimum atomic E-state index is -0.565. The topological polar surface area (TPSA) is 100 Å². The predicted octanol–water partition coefficient (Wildman–Crippen LogP) is 1.89. The van der Waals surface area contributed by atoms with E-state index in [0.29, 0.717) is 18.0 Å². The fourth-order valence-electron chi connectivity index (χ4n) is 1.84. The number of amides is 1. The Balaban J connectivity index is 2.67. The Morgan fingerprint density at radius 1 is 1.38 bits per heavy atom. The summed E-state index contributed by atoms with van der Waals surface area (Å²) in [5, 5.41) is 14.5. The molecular weight excluding hydrogens is 310 g/mol. The third kappa shape index (κ3) is 6.01. The van der Waals surface area contributed by atoms with Crippen LogP contribution in [0, 0.1) is 18.3 Å². The van der Waals surface area contributed by atoms with Crippen molar-refractivity contribution >= 4 is 17.6 Å². The van der Waals surface area contributed by atoms with Crippen LogP contribution in [-0.4, -0.2) is 32.1 Å². The third-order valence-corrected chi connectivity index (χ3v) is 2.99. The quantitative estimate of drug-likeness (QED) is 0.326. The summed E-state index contributed by atoms with van der Waals surface area (Å²) >= 11 is 0. The summed E-state index contributed by atoms with van der Waals surface area (Å²) in [6, 6.07) is 7.16. The minimum Gasteiger partial charge on any atom is -0.495 e. The molecule has 1 aromatic carbocycles. The number of nitriles is 1. The first-order chi connectivity index (χ1) is 11.5. The summed E-state index contributed by atoms with van der Waals surface area (Å²) in [6.45, 7) is 4.19. The molecule has 2 N–H and O–H groups in total. The average Bonchev–Trinajstić information content (AvgIpc) is 2.55. The molecule has 0 fully saturated rings. The Morgan fingerprint density at radius 3 is 2.75 bits per heavy atom. The number of carbonyl (C=O) groups excluding carboxylic acids is 2. The van der Waals surface area contributed by atoms with Gasteiger partial charge in [0, 0.05) is 12.7 Å². The van der Waals surface area contributed by atoms with Crippen molar-refractivity contribution in [3.63, 3.8) is 0 Å². The van der Waals surface area contributed by atoms with Gasteiger partial charge in [0.2, 0.25) is 0 Å². The maximum atomic E-state index is 12.2. The Kier molecular flexibility index (Phi) is 7.85. The standard InChI is InChI=1S/C17H21N3O4/c1-4-24-16(21)7-8-19-11-13(10-18)17(22)20-14-9-12(2)5-6-15(14)23-3/h5-6,9,11,19H,4,7-8H2,1-3H3,(H,20,22)/b13-11-. The highest BCUT2D eigenvalue weighted by Crippen LogP contribution is 2.25. The molecule has 0 atom stereocenters. The molecule has 0 aromatic heterocycles. The second-order valence-corrected chi connectivity index (χ2v) is 4.84. The van der Waals surface area contributed by atoms with Gasteiger partial charge in [0.1, 0.15) is 17.4 Å². The molecule has 128 valence electrons. The van der Waals surface area contributed by atoms with Crippen molar-refractivity contribution in [2.45, 2.75) is 20.3 Å². The van der Waals surface area contributed by atoms with E-state index < -0.39 is 5.91 Å². The van der Waals surface area contributed by atoms with E-state index in [1.807, 2.05) is 19.1 Å². The molecule has 0 aliphatic rings. The van der Waals surface area contributed by atoms with Crippen LogP contribution in [0.1, 0.15) is 18.9 Å². The van der Waals surface area contributed by atoms with Crippen molar-refractivity contribution in [2.24, 2.45) is 0 Å². The van der Waals surface area contributed by atoms with Gasteiger partial charge in [-0.2, -0.15) is 5.26 Å². The van der Waals surface area contributed by atoms with Crippen molar-refractivity contribution in [1.82, 2.24) is 5.32 Å². The van der Waals surface area contributed by atoms with Crippen LogP contribution in [0.25, 0.3) is 0 Å². The molecule has 1 rings (SSSR count). The molecule has 0 aliphatic heterocycles. The fraction of sp³-hybridized carbons (Fsp3) is 0.353. The molecule has 1 aromatic rings. The number of rotatable bonds is 8. The lowest BCUT2D eigenvalue weighted by Crippen LogP contribution is -2.19. The highest BCUT2D eigenvalue weighted by atomic mass is 16.5. The van der Waals surface area contributed by atoms with Crippen LogP contribution < -0.4 is 15.4 Å². The Labute approximate surface area is 141 Å². The summed E-state index contributed by atoms with van der Waals surface area (Å²) in [6.07, 6.45) is 1.42. The second kappa shape index (κ2) is 9.90. The molecule has 7 nitrogen and oxygen atoms in total. The van der Waals surface area contributed by atoms with Gasteiger partial charge in [-0.15, -0.1) is 0 Å². The van der Waals surface area contributed by atoms with Crippen LogP contribution in [0.5, 0.6) is 5.75 Å². The van der Waals surface area contributed by atoms with Gasteiger partial charge in [-0.3, -0.25) is 9.59 Å². The summed E-state index contributed by atoms with van der Waals surface area (Å²) in [4.78, 5) is 23.4. The molecule has 0 spiro atoms. The minimum absolute atomic E-state index is 0.109. The number of hydrogen-bond donors (Lipinski definition) is 2. The number of hydrogen-bond acceptors (Lipinski definition) is 6. The van der Waals surface area contributed by atoms with E-state index in [9.17, 15) is 9.59 Å². The molecule has 0 heterocycles. The number of carbonyl (C=O) groups is 2. The number of methoxy groups -OCH3 is 1. The van der Waals surface area contributed by atoms with Crippen molar-refractivity contribution in [1.29, 1.82) is 5.26 Å². The maximum Gasteiger partial charge on any atom is 0.307 e. The zero-order valence-corrected chi connectivity index (χ0v) is 14.0. The van der Waals surface area contributed by atoms with E-state index in [1.165, 1.54) is 13.3 Å². The van der Waals surface area contributed by atoms with Gasteiger partial charge < -0.3 is 20.1 Å². The van der Waals surface area contributed by atoms with E-state index in [-0.39, 0.29) is 24.5 Å². The normalized spacial score (nSPS) is 10.5. The van der Waals surface area contributed by atoms with E-state index in [1.54, 1.807) is 19.1 Å².